The van der Waals surface area contributed by atoms with Crippen molar-refractivity contribution >= 4 is 58.7 Å². The minimum atomic E-state index is 0.877. The molecule has 0 radical (unpaired) electrons. The molecule has 28 heavy (non-hydrogen) atoms. The largest absolute Gasteiger partial charge is 0.398 e. The van der Waals surface area contributed by atoms with E-state index in [2.05, 4.69) is 91.0 Å². The predicted molar refractivity (Wildman–Crippen MR) is 124 cm³/mol. The Morgan fingerprint density at radius 1 is 0.571 bits per heavy atom. The Hall–Kier alpha value is -3.36. The van der Waals surface area contributed by atoms with Crippen LogP contribution in [0.25, 0.3) is 52.8 Å². The maximum absolute atomic E-state index is 6.93. The summed E-state index contributed by atoms with van der Waals surface area (Å²) in [5, 5.41) is 7.39. The fourth-order valence-electron chi connectivity index (χ4n) is 4.41. The Morgan fingerprint density at radius 2 is 1.21 bits per heavy atom. The summed E-state index contributed by atoms with van der Waals surface area (Å²) >= 11 is 1.83. The number of nitrogen functional groups attached to an aromatic ring is 1. The van der Waals surface area contributed by atoms with E-state index >= 15 is 0 Å². The van der Waals surface area contributed by atoms with Crippen LogP contribution in [0.4, 0.5) is 5.69 Å². The van der Waals surface area contributed by atoms with Gasteiger partial charge in [0.2, 0.25) is 0 Å². The van der Waals surface area contributed by atoms with E-state index in [1.165, 1.54) is 47.3 Å². The van der Waals surface area contributed by atoms with Crippen molar-refractivity contribution in [3.63, 3.8) is 0 Å². The van der Waals surface area contributed by atoms with Gasteiger partial charge in [-0.1, -0.05) is 84.9 Å². The minimum absolute atomic E-state index is 0.877. The highest BCUT2D eigenvalue weighted by Gasteiger charge is 2.18. The SMILES string of the molecule is Nc1c(-c2cccc3ccccc23)c2ccccc2c2sc3ccccc3c12. The number of fused-ring (bicyclic) bond motifs is 6. The first kappa shape index (κ1) is 15.7. The van der Waals surface area contributed by atoms with Gasteiger partial charge in [-0.15, -0.1) is 11.3 Å². The number of thiophene rings is 1. The molecule has 0 amide bonds. The van der Waals surface area contributed by atoms with Crippen molar-refractivity contribution in [2.24, 2.45) is 0 Å². The first-order valence-corrected chi connectivity index (χ1v) is 10.2. The van der Waals surface area contributed by atoms with Crippen LogP contribution >= 0.6 is 11.3 Å². The maximum atomic E-state index is 6.93. The average molecular weight is 375 g/mol. The van der Waals surface area contributed by atoms with Crippen molar-refractivity contribution in [3.05, 3.63) is 91.0 Å². The zero-order valence-corrected chi connectivity index (χ0v) is 16.0. The van der Waals surface area contributed by atoms with E-state index in [0.29, 0.717) is 0 Å². The van der Waals surface area contributed by atoms with Crippen molar-refractivity contribution in [1.29, 1.82) is 0 Å². The molecule has 2 heteroatoms. The third kappa shape index (κ3) is 2.07. The molecular weight excluding hydrogens is 358 g/mol. The lowest BCUT2D eigenvalue weighted by Gasteiger charge is -2.15. The van der Waals surface area contributed by atoms with E-state index in [0.717, 1.165) is 11.3 Å². The van der Waals surface area contributed by atoms with Gasteiger partial charge in [-0.25, -0.2) is 0 Å². The highest BCUT2D eigenvalue weighted by atomic mass is 32.1. The Kier molecular flexibility index (Phi) is 3.26. The van der Waals surface area contributed by atoms with Crippen molar-refractivity contribution in [1.82, 2.24) is 0 Å². The van der Waals surface area contributed by atoms with Gasteiger partial charge in [0, 0.05) is 36.8 Å². The molecule has 0 atom stereocenters. The Balaban J connectivity index is 1.89. The molecule has 0 aliphatic rings. The standard InChI is InChI=1S/C26H17NS/c27-25-23(18-14-7-9-16-8-1-2-10-17(16)18)19-11-3-4-12-20(19)26-24(25)21-13-5-6-15-22(21)28-26/h1-15H,27H2. The molecule has 6 rings (SSSR count). The molecule has 1 heterocycles. The zero-order valence-electron chi connectivity index (χ0n) is 15.1. The van der Waals surface area contributed by atoms with Crippen molar-refractivity contribution in [3.8, 4) is 11.1 Å². The van der Waals surface area contributed by atoms with Gasteiger partial charge in [0.25, 0.3) is 0 Å². The first-order valence-electron chi connectivity index (χ1n) is 9.42. The molecule has 0 saturated heterocycles. The van der Waals surface area contributed by atoms with E-state index in [1.807, 2.05) is 11.3 Å². The van der Waals surface area contributed by atoms with Gasteiger partial charge in [-0.05, 0) is 27.8 Å². The summed E-state index contributed by atoms with van der Waals surface area (Å²) in [5.74, 6) is 0. The molecule has 0 aliphatic carbocycles. The van der Waals surface area contributed by atoms with Crippen LogP contribution in [0, 0.1) is 0 Å². The number of rotatable bonds is 1. The zero-order chi connectivity index (χ0) is 18.7. The van der Waals surface area contributed by atoms with Crippen LogP contribution in [0.2, 0.25) is 0 Å². The molecule has 1 aromatic heterocycles. The number of nitrogens with two attached hydrogens (primary N) is 1. The smallest absolute Gasteiger partial charge is 0.0495 e. The molecule has 0 saturated carbocycles. The number of anilines is 1. The molecule has 132 valence electrons. The molecule has 0 spiro atoms. The summed E-state index contributed by atoms with van der Waals surface area (Å²) < 4.78 is 2.56. The summed E-state index contributed by atoms with van der Waals surface area (Å²) in [6.07, 6.45) is 0. The highest BCUT2D eigenvalue weighted by Crippen LogP contribution is 2.48. The lowest BCUT2D eigenvalue weighted by molar-refractivity contribution is 1.70. The molecule has 0 aliphatic heterocycles. The number of benzene rings is 5. The van der Waals surface area contributed by atoms with Gasteiger partial charge in [-0.3, -0.25) is 0 Å². The number of hydrogen-bond acceptors (Lipinski definition) is 2. The molecular formula is C26H17NS. The summed E-state index contributed by atoms with van der Waals surface area (Å²) in [4.78, 5) is 0. The molecule has 2 N–H and O–H groups in total. The quantitative estimate of drug-likeness (QED) is 0.294. The monoisotopic (exact) mass is 375 g/mol. The van der Waals surface area contributed by atoms with Crippen LogP contribution in [0.15, 0.2) is 91.0 Å². The number of hydrogen-bond donors (Lipinski definition) is 1. The van der Waals surface area contributed by atoms with Gasteiger partial charge in [-0.2, -0.15) is 0 Å². The lowest BCUT2D eigenvalue weighted by Crippen LogP contribution is -1.94. The maximum Gasteiger partial charge on any atom is 0.0495 e. The topological polar surface area (TPSA) is 26.0 Å². The van der Waals surface area contributed by atoms with Crippen molar-refractivity contribution < 1.29 is 0 Å². The summed E-state index contributed by atoms with van der Waals surface area (Å²) in [6.45, 7) is 0. The van der Waals surface area contributed by atoms with Crippen LogP contribution < -0.4 is 5.73 Å². The normalized spacial score (nSPS) is 11.7. The average Bonchev–Trinajstić information content (AvgIpc) is 3.14. The predicted octanol–water partition coefficient (Wildman–Crippen LogP) is 7.61. The second kappa shape index (κ2) is 5.82. The van der Waals surface area contributed by atoms with Gasteiger partial charge in [0.05, 0.1) is 0 Å². The van der Waals surface area contributed by atoms with E-state index < -0.39 is 0 Å². The van der Waals surface area contributed by atoms with E-state index in [4.69, 9.17) is 5.73 Å². The first-order chi connectivity index (χ1) is 13.8. The van der Waals surface area contributed by atoms with Crippen LogP contribution in [0.3, 0.4) is 0 Å². The van der Waals surface area contributed by atoms with Crippen molar-refractivity contribution in [2.45, 2.75) is 0 Å². The molecule has 5 aromatic carbocycles. The Labute approximate surface area is 166 Å². The van der Waals surface area contributed by atoms with E-state index in [-0.39, 0.29) is 0 Å². The van der Waals surface area contributed by atoms with Gasteiger partial charge in [0.15, 0.2) is 0 Å². The van der Waals surface area contributed by atoms with E-state index in [9.17, 15) is 0 Å². The fraction of sp³-hybridized carbons (Fsp3) is 0. The van der Waals surface area contributed by atoms with Gasteiger partial charge >= 0.3 is 0 Å². The third-order valence-corrected chi connectivity index (χ3v) is 6.84. The second-order valence-electron chi connectivity index (χ2n) is 7.16. The molecule has 1 nitrogen and oxygen atoms in total. The Morgan fingerprint density at radius 3 is 2.07 bits per heavy atom. The molecule has 6 aromatic rings. The lowest BCUT2D eigenvalue weighted by atomic mass is 9.90. The van der Waals surface area contributed by atoms with Crippen LogP contribution in [0.5, 0.6) is 0 Å². The molecule has 0 unspecified atom stereocenters. The van der Waals surface area contributed by atoms with Crippen LogP contribution in [0.1, 0.15) is 0 Å². The van der Waals surface area contributed by atoms with Gasteiger partial charge in [0.1, 0.15) is 0 Å². The second-order valence-corrected chi connectivity index (χ2v) is 8.22. The third-order valence-electron chi connectivity index (χ3n) is 5.63. The fourth-order valence-corrected chi connectivity index (χ4v) is 5.66. The van der Waals surface area contributed by atoms with E-state index in [1.54, 1.807) is 0 Å². The summed E-state index contributed by atoms with van der Waals surface area (Å²) in [6, 6.07) is 32.2. The Bertz CT molecular complexity index is 1520. The summed E-state index contributed by atoms with van der Waals surface area (Å²) in [7, 11) is 0. The van der Waals surface area contributed by atoms with Crippen LogP contribution in [-0.2, 0) is 0 Å². The van der Waals surface area contributed by atoms with Crippen LogP contribution in [-0.4, -0.2) is 0 Å². The molecule has 0 fully saturated rings. The summed E-state index contributed by atoms with van der Waals surface area (Å²) in [5.41, 5.74) is 10.1. The van der Waals surface area contributed by atoms with Gasteiger partial charge < -0.3 is 5.73 Å². The minimum Gasteiger partial charge on any atom is -0.398 e. The molecule has 0 bridgehead atoms. The van der Waals surface area contributed by atoms with Crippen molar-refractivity contribution in [2.75, 3.05) is 5.73 Å². The highest BCUT2D eigenvalue weighted by molar-refractivity contribution is 7.26.